The maximum atomic E-state index is 9.44. The smallest absolute Gasteiger partial charge is 0.137 e. The highest BCUT2D eigenvalue weighted by Crippen LogP contribution is 2.51. The van der Waals surface area contributed by atoms with Crippen molar-refractivity contribution in [2.45, 2.75) is 78.6 Å². The van der Waals surface area contributed by atoms with Gasteiger partial charge in [0.05, 0.1) is 45.9 Å². The summed E-state index contributed by atoms with van der Waals surface area (Å²) in [6.07, 6.45) is -0.343. The van der Waals surface area contributed by atoms with Crippen molar-refractivity contribution in [1.82, 2.24) is 9.55 Å². The molecule has 2 aromatic heterocycles. The minimum atomic E-state index is -0.617. The molecule has 10 rings (SSSR count). The monoisotopic (exact) mass is 864 g/mol. The number of hydrogen-bond donors (Lipinski definition) is 0. The minimum Gasteiger partial charge on any atom is -0.457 e. The van der Waals surface area contributed by atoms with Crippen molar-refractivity contribution < 1.29 is 22.6 Å². The van der Waals surface area contributed by atoms with E-state index >= 15 is 0 Å². The van der Waals surface area contributed by atoms with Crippen molar-refractivity contribution in [3.05, 3.63) is 192 Å². The largest absolute Gasteiger partial charge is 0.457 e. The van der Waals surface area contributed by atoms with Gasteiger partial charge in [-0.2, -0.15) is 0 Å². The van der Waals surface area contributed by atoms with Gasteiger partial charge in [0.15, 0.2) is 0 Å². The first kappa shape index (κ1) is 29.4. The van der Waals surface area contributed by atoms with E-state index in [2.05, 4.69) is 74.5 Å². The Morgan fingerprint density at radius 3 is 1.85 bits per heavy atom. The Bertz CT molecular complexity index is 3940. The Labute approximate surface area is 402 Å². The maximum absolute atomic E-state index is 9.44. The SMILES string of the molecule is [2H]c1nc(-n2c3cc(Oc4cccc(N5CN(c6c(-c7cc(C(C)(C)C)cc(C(C)(C)C)c7)cccc6-c6c([2H])c([2H])c([2H])c([2H])c6[2H])c6ccccc65)c4)c([2H])c([2H])c3c3c([2H])c([2H])c([2H])c([2H])c32)cc(C(C)(C)C)c1[2H]. The number of rotatable bonds is 7. The van der Waals surface area contributed by atoms with Crippen molar-refractivity contribution in [2.24, 2.45) is 0 Å². The van der Waals surface area contributed by atoms with Crippen molar-refractivity contribution in [3.8, 4) is 39.6 Å². The third-order valence-electron chi connectivity index (χ3n) is 12.0. The summed E-state index contributed by atoms with van der Waals surface area (Å²) in [5, 5.41) is 0.0780. The fourth-order valence-electron chi connectivity index (χ4n) is 8.49. The topological polar surface area (TPSA) is 33.5 Å². The summed E-state index contributed by atoms with van der Waals surface area (Å²) in [5.74, 6) is 0.328. The molecule has 0 saturated carbocycles. The molecule has 0 unspecified atom stereocenters. The fraction of sp³-hybridized carbons (Fsp3) is 0.217. The minimum absolute atomic E-state index is 0.00218. The molecule has 0 fully saturated rings. The Hall–Kier alpha value is -7.11. The van der Waals surface area contributed by atoms with E-state index in [4.69, 9.17) is 17.1 Å². The lowest BCUT2D eigenvalue weighted by Crippen LogP contribution is -2.25. The summed E-state index contributed by atoms with van der Waals surface area (Å²) in [6.45, 7) is 18.9. The van der Waals surface area contributed by atoms with Crippen LogP contribution in [0.5, 0.6) is 11.5 Å². The van der Waals surface area contributed by atoms with Gasteiger partial charge in [-0.05, 0) is 98.6 Å². The van der Waals surface area contributed by atoms with E-state index in [0.29, 0.717) is 22.5 Å². The summed E-state index contributed by atoms with van der Waals surface area (Å²) < 4.78 is 124. The molecule has 7 aromatic carbocycles. The summed E-state index contributed by atoms with van der Waals surface area (Å²) in [4.78, 5) is 8.64. The predicted molar refractivity (Wildman–Crippen MR) is 274 cm³/mol. The van der Waals surface area contributed by atoms with Gasteiger partial charge >= 0.3 is 0 Å². The second kappa shape index (κ2) is 15.8. The van der Waals surface area contributed by atoms with Gasteiger partial charge in [0.2, 0.25) is 0 Å². The molecule has 0 spiro atoms. The molecule has 0 N–H and O–H groups in total. The first-order valence-electron chi connectivity index (χ1n) is 28.3. The second-order valence-corrected chi connectivity index (χ2v) is 19.7. The number of hydrogen-bond acceptors (Lipinski definition) is 4. The molecule has 0 saturated heterocycles. The van der Waals surface area contributed by atoms with E-state index in [-0.39, 0.29) is 98.6 Å². The molecule has 0 amide bonds. The summed E-state index contributed by atoms with van der Waals surface area (Å²) in [7, 11) is 0. The van der Waals surface area contributed by atoms with Gasteiger partial charge in [-0.15, -0.1) is 0 Å². The number of benzene rings is 7. The normalized spacial score (nSPS) is 16.0. The summed E-state index contributed by atoms with van der Waals surface area (Å²) in [5.41, 5.74) is 6.89. The molecule has 9 aromatic rings. The average Bonchev–Trinajstić information content (AvgIpc) is 4.15. The van der Waals surface area contributed by atoms with Gasteiger partial charge in [-0.3, -0.25) is 4.57 Å². The van der Waals surface area contributed by atoms with Crippen molar-refractivity contribution >= 4 is 44.6 Å². The van der Waals surface area contributed by atoms with Crippen LogP contribution >= 0.6 is 0 Å². The van der Waals surface area contributed by atoms with Crippen molar-refractivity contribution in [1.29, 1.82) is 0 Å². The van der Waals surface area contributed by atoms with Gasteiger partial charge in [-0.1, -0.05) is 165 Å². The number of fused-ring (bicyclic) bond motifs is 4. The second-order valence-electron chi connectivity index (χ2n) is 19.7. The van der Waals surface area contributed by atoms with Crippen LogP contribution in [-0.2, 0) is 16.2 Å². The highest BCUT2D eigenvalue weighted by Gasteiger charge is 2.32. The van der Waals surface area contributed by atoms with Crippen LogP contribution in [0.4, 0.5) is 22.7 Å². The third kappa shape index (κ3) is 7.84. The van der Waals surface area contributed by atoms with Gasteiger partial charge in [0.25, 0.3) is 0 Å². The average molecular weight is 864 g/mol. The number of aromatic nitrogens is 2. The van der Waals surface area contributed by atoms with E-state index in [1.54, 1.807) is 24.3 Å². The number of anilines is 4. The molecule has 324 valence electrons. The lowest BCUT2D eigenvalue weighted by molar-refractivity contribution is 0.483. The standard InChI is InChI=1S/C60H58N4O/c1-58(2,3)42-31-32-61-56(36-42)64-52-26-14-13-23-50(52)51-30-29-47(38-55(51)64)65-46-22-17-21-45(37-46)62-39-63(54-28-16-15-27-53(54)62)57-48(40-19-11-10-12-20-40)24-18-25-49(57)41-33-43(59(4,5)6)35-44(34-41)60(7,8)9/h10-38H,39H2,1-9H3/i10D,11D,12D,13D,14D,19D,20D,23D,26D,29D,30D,31D,32D. The molecule has 3 heterocycles. The Morgan fingerprint density at radius 2 is 1.14 bits per heavy atom. The zero-order valence-electron chi connectivity index (χ0n) is 51.1. The first-order chi connectivity index (χ1) is 36.5. The molecular formula is C60H58N4O. The van der Waals surface area contributed by atoms with Crippen LogP contribution in [-0.4, -0.2) is 16.2 Å². The van der Waals surface area contributed by atoms with Crippen LogP contribution < -0.4 is 14.5 Å². The van der Waals surface area contributed by atoms with Crippen LogP contribution in [0.3, 0.4) is 0 Å². The lowest BCUT2D eigenvalue weighted by Gasteiger charge is -2.29. The van der Waals surface area contributed by atoms with E-state index in [0.717, 1.165) is 33.6 Å². The fourth-order valence-corrected chi connectivity index (χ4v) is 8.49. The third-order valence-corrected chi connectivity index (χ3v) is 12.0. The molecule has 0 radical (unpaired) electrons. The van der Waals surface area contributed by atoms with Gasteiger partial charge in [0.1, 0.15) is 24.0 Å². The van der Waals surface area contributed by atoms with Gasteiger partial charge < -0.3 is 14.5 Å². The Morgan fingerprint density at radius 1 is 0.508 bits per heavy atom. The zero-order valence-corrected chi connectivity index (χ0v) is 38.1. The van der Waals surface area contributed by atoms with Crippen molar-refractivity contribution in [3.63, 3.8) is 0 Å². The first-order valence-corrected chi connectivity index (χ1v) is 21.8. The molecule has 0 aliphatic carbocycles. The number of ether oxygens (including phenoxy) is 1. The highest BCUT2D eigenvalue weighted by atomic mass is 16.5. The summed E-state index contributed by atoms with van der Waals surface area (Å²) in [6, 6.07) is 25.8. The molecule has 0 bridgehead atoms. The molecule has 0 atom stereocenters. The summed E-state index contributed by atoms with van der Waals surface area (Å²) >= 11 is 0. The highest BCUT2D eigenvalue weighted by molar-refractivity contribution is 6.09. The van der Waals surface area contributed by atoms with E-state index < -0.39 is 47.7 Å². The number of para-hydroxylation sites is 4. The number of pyridine rings is 1. The zero-order chi connectivity index (χ0) is 56.6. The molecule has 65 heavy (non-hydrogen) atoms. The van der Waals surface area contributed by atoms with Crippen LogP contribution in [0.2, 0.25) is 0 Å². The number of nitrogens with zero attached hydrogens (tertiary/aromatic N) is 4. The van der Waals surface area contributed by atoms with Gasteiger partial charge in [0, 0.05) is 45.9 Å². The molecule has 1 aliphatic rings. The Balaban J connectivity index is 1.14. The molecule has 1 aliphatic heterocycles. The molecule has 5 heteroatoms. The molecule has 5 nitrogen and oxygen atoms in total. The van der Waals surface area contributed by atoms with E-state index in [9.17, 15) is 5.48 Å². The van der Waals surface area contributed by atoms with E-state index in [1.807, 2.05) is 69.3 Å². The van der Waals surface area contributed by atoms with E-state index in [1.165, 1.54) is 10.6 Å². The van der Waals surface area contributed by atoms with Crippen LogP contribution in [0.15, 0.2) is 176 Å². The quantitative estimate of drug-likeness (QED) is 0.160. The van der Waals surface area contributed by atoms with Crippen molar-refractivity contribution in [2.75, 3.05) is 16.5 Å². The van der Waals surface area contributed by atoms with Crippen LogP contribution in [0.25, 0.3) is 49.9 Å². The van der Waals surface area contributed by atoms with Crippen LogP contribution in [0, 0.1) is 0 Å². The Kier molecular flexibility index (Phi) is 7.16. The maximum Gasteiger partial charge on any atom is 0.137 e. The predicted octanol–water partition coefficient (Wildman–Crippen LogP) is 16.4. The lowest BCUT2D eigenvalue weighted by atomic mass is 9.78. The van der Waals surface area contributed by atoms with Crippen LogP contribution in [0.1, 0.15) is 96.8 Å². The van der Waals surface area contributed by atoms with Gasteiger partial charge in [-0.25, -0.2) is 4.98 Å². The molecular weight excluding hydrogens is 793 g/mol.